The Bertz CT molecular complexity index is 1240. The van der Waals surface area contributed by atoms with Crippen molar-refractivity contribution in [3.63, 3.8) is 0 Å². The second-order valence-electron chi connectivity index (χ2n) is 7.33. The van der Waals surface area contributed by atoms with E-state index in [-0.39, 0.29) is 17.7 Å². The maximum atomic E-state index is 13.0. The number of ether oxygens (including phenoxy) is 2. The number of rotatable bonds is 6. The molecular formula is C23H24N4O5. The van der Waals surface area contributed by atoms with Crippen LogP contribution in [0.15, 0.2) is 58.5 Å². The Kier molecular flexibility index (Phi) is 5.72. The van der Waals surface area contributed by atoms with Crippen molar-refractivity contribution in [2.45, 2.75) is 19.4 Å². The molecule has 2 aromatic carbocycles. The third-order valence-electron chi connectivity index (χ3n) is 5.48. The number of methoxy groups -OCH3 is 2. The number of hydrogen-bond donors (Lipinski definition) is 1. The highest BCUT2D eigenvalue weighted by Crippen LogP contribution is 2.29. The summed E-state index contributed by atoms with van der Waals surface area (Å²) in [6, 6.07) is 14.5. The molecule has 0 aliphatic carbocycles. The van der Waals surface area contributed by atoms with Crippen molar-refractivity contribution in [1.82, 2.24) is 9.36 Å². The molecule has 0 radical (unpaired) electrons. The van der Waals surface area contributed by atoms with Gasteiger partial charge in [0.05, 0.1) is 31.3 Å². The minimum absolute atomic E-state index is 0.206. The maximum absolute atomic E-state index is 13.0. The zero-order chi connectivity index (χ0) is 22.8. The predicted octanol–water partition coefficient (Wildman–Crippen LogP) is 2.63. The zero-order valence-electron chi connectivity index (χ0n) is 18.3. The lowest BCUT2D eigenvalue weighted by Crippen LogP contribution is -2.30. The molecule has 0 fully saturated rings. The number of nitrogens with one attached hydrogen (secondary N) is 1. The summed E-state index contributed by atoms with van der Waals surface area (Å²) in [5, 5.41) is 6.81. The van der Waals surface area contributed by atoms with Crippen LogP contribution >= 0.6 is 0 Å². The van der Waals surface area contributed by atoms with Crippen LogP contribution in [0.1, 0.15) is 17.7 Å². The van der Waals surface area contributed by atoms with Crippen LogP contribution in [0.4, 0.5) is 5.69 Å². The molecule has 1 aliphatic rings. The number of benzene rings is 2. The lowest BCUT2D eigenvalue weighted by atomic mass is 10.0. The van der Waals surface area contributed by atoms with E-state index in [1.807, 2.05) is 30.3 Å². The fourth-order valence-corrected chi connectivity index (χ4v) is 3.63. The fourth-order valence-electron chi connectivity index (χ4n) is 3.63. The minimum Gasteiger partial charge on any atom is -0.497 e. The van der Waals surface area contributed by atoms with E-state index in [9.17, 15) is 9.59 Å². The quantitative estimate of drug-likeness (QED) is 0.641. The second kappa shape index (κ2) is 8.62. The standard InChI is InChI=1S/C23H24N4O5/c1-14-21(23(29)27(26(14)2)15-8-6-5-7-9-15)24-22(28)20-13-18(25-32-20)17-12-16(30-3)10-11-19(17)31-4/h5-12,20H,13H2,1-4H3,(H,24,28)/t20-/m0/s1. The topological polar surface area (TPSA) is 96.1 Å². The number of carbonyl (C=O) groups excluding carboxylic acids is 1. The molecule has 3 aromatic rings. The van der Waals surface area contributed by atoms with Gasteiger partial charge in [0.15, 0.2) is 0 Å². The molecule has 2 heterocycles. The number of amides is 1. The first-order chi connectivity index (χ1) is 15.4. The zero-order valence-corrected chi connectivity index (χ0v) is 18.3. The molecular weight excluding hydrogens is 412 g/mol. The summed E-state index contributed by atoms with van der Waals surface area (Å²) in [5.74, 6) is 0.785. The molecule has 1 aromatic heterocycles. The molecule has 166 valence electrons. The number of oxime groups is 1. The van der Waals surface area contributed by atoms with Crippen molar-refractivity contribution in [2.75, 3.05) is 19.5 Å². The van der Waals surface area contributed by atoms with Crippen LogP contribution in [-0.4, -0.2) is 41.3 Å². The van der Waals surface area contributed by atoms with Crippen LogP contribution in [0.25, 0.3) is 5.69 Å². The molecule has 1 aliphatic heterocycles. The second-order valence-corrected chi connectivity index (χ2v) is 7.33. The molecule has 0 unspecified atom stereocenters. The number of carbonyl (C=O) groups is 1. The smallest absolute Gasteiger partial charge is 0.295 e. The highest BCUT2D eigenvalue weighted by molar-refractivity contribution is 6.07. The van der Waals surface area contributed by atoms with Gasteiger partial charge in [-0.25, -0.2) is 4.68 Å². The summed E-state index contributed by atoms with van der Waals surface area (Å²) in [4.78, 5) is 31.3. The molecule has 1 amide bonds. The summed E-state index contributed by atoms with van der Waals surface area (Å²) in [5.41, 5.74) is 2.46. The van der Waals surface area contributed by atoms with E-state index in [2.05, 4.69) is 10.5 Å². The van der Waals surface area contributed by atoms with Crippen molar-refractivity contribution in [2.24, 2.45) is 12.2 Å². The summed E-state index contributed by atoms with van der Waals surface area (Å²) in [6.07, 6.45) is -0.640. The molecule has 0 saturated carbocycles. The van der Waals surface area contributed by atoms with E-state index >= 15 is 0 Å². The van der Waals surface area contributed by atoms with Gasteiger partial charge in [-0.05, 0) is 37.3 Å². The molecule has 32 heavy (non-hydrogen) atoms. The Morgan fingerprint density at radius 3 is 2.59 bits per heavy atom. The van der Waals surface area contributed by atoms with E-state index in [0.29, 0.717) is 34.2 Å². The third-order valence-corrected chi connectivity index (χ3v) is 5.48. The average molecular weight is 436 g/mol. The Morgan fingerprint density at radius 1 is 1.16 bits per heavy atom. The van der Waals surface area contributed by atoms with Gasteiger partial charge in [0, 0.05) is 19.0 Å². The van der Waals surface area contributed by atoms with Gasteiger partial charge in [-0.1, -0.05) is 23.4 Å². The van der Waals surface area contributed by atoms with Crippen molar-refractivity contribution in [3.05, 3.63) is 70.1 Å². The predicted molar refractivity (Wildman–Crippen MR) is 120 cm³/mol. The van der Waals surface area contributed by atoms with E-state index in [1.54, 1.807) is 51.1 Å². The highest BCUT2D eigenvalue weighted by Gasteiger charge is 2.32. The lowest BCUT2D eigenvalue weighted by Gasteiger charge is -2.10. The molecule has 1 N–H and O–H groups in total. The number of hydrogen-bond acceptors (Lipinski definition) is 6. The molecule has 9 nitrogen and oxygen atoms in total. The van der Waals surface area contributed by atoms with Gasteiger partial charge in [0.2, 0.25) is 6.10 Å². The summed E-state index contributed by atoms with van der Waals surface area (Å²) in [7, 11) is 4.89. The fraction of sp³-hybridized carbons (Fsp3) is 0.261. The summed E-state index contributed by atoms with van der Waals surface area (Å²) >= 11 is 0. The van der Waals surface area contributed by atoms with E-state index in [0.717, 1.165) is 0 Å². The van der Waals surface area contributed by atoms with Crippen LogP contribution in [0, 0.1) is 6.92 Å². The van der Waals surface area contributed by atoms with Gasteiger partial charge >= 0.3 is 0 Å². The lowest BCUT2D eigenvalue weighted by molar-refractivity contribution is -0.125. The van der Waals surface area contributed by atoms with E-state index in [1.165, 1.54) is 4.68 Å². The van der Waals surface area contributed by atoms with Gasteiger partial charge < -0.3 is 19.6 Å². The van der Waals surface area contributed by atoms with Gasteiger partial charge in [-0.3, -0.25) is 14.3 Å². The van der Waals surface area contributed by atoms with Gasteiger partial charge in [0.1, 0.15) is 17.2 Å². The van der Waals surface area contributed by atoms with Crippen molar-refractivity contribution in [3.8, 4) is 17.2 Å². The Balaban J connectivity index is 1.54. The molecule has 9 heteroatoms. The molecule has 0 bridgehead atoms. The SMILES string of the molecule is COc1ccc(OC)c(C2=NO[C@H](C(=O)Nc3c(C)n(C)n(-c4ccccc4)c3=O)C2)c1. The van der Waals surface area contributed by atoms with Gasteiger partial charge in [-0.15, -0.1) is 0 Å². The highest BCUT2D eigenvalue weighted by atomic mass is 16.6. The van der Waals surface area contributed by atoms with Crippen LogP contribution in [0.3, 0.4) is 0 Å². The van der Waals surface area contributed by atoms with Crippen molar-refractivity contribution < 1.29 is 19.1 Å². The average Bonchev–Trinajstić information content (AvgIpc) is 3.39. The van der Waals surface area contributed by atoms with Gasteiger partial charge in [0.25, 0.3) is 11.5 Å². The van der Waals surface area contributed by atoms with Crippen LogP contribution in [0.2, 0.25) is 0 Å². The van der Waals surface area contributed by atoms with Crippen LogP contribution < -0.4 is 20.3 Å². The van der Waals surface area contributed by atoms with Crippen molar-refractivity contribution in [1.29, 1.82) is 0 Å². The summed E-state index contributed by atoms with van der Waals surface area (Å²) in [6.45, 7) is 1.77. The monoisotopic (exact) mass is 436 g/mol. The van der Waals surface area contributed by atoms with Crippen LogP contribution in [0.5, 0.6) is 11.5 Å². The minimum atomic E-state index is -0.870. The maximum Gasteiger partial charge on any atom is 0.295 e. The first-order valence-corrected chi connectivity index (χ1v) is 10.0. The number of anilines is 1. The first kappa shape index (κ1) is 21.2. The number of para-hydroxylation sites is 1. The Hall–Kier alpha value is -4.01. The summed E-state index contributed by atoms with van der Waals surface area (Å²) < 4.78 is 13.9. The first-order valence-electron chi connectivity index (χ1n) is 10.0. The Morgan fingerprint density at radius 2 is 1.91 bits per heavy atom. The normalized spacial score (nSPS) is 15.1. The van der Waals surface area contributed by atoms with E-state index in [4.69, 9.17) is 14.3 Å². The number of nitrogens with zero attached hydrogens (tertiary/aromatic N) is 3. The molecule has 4 rings (SSSR count). The number of aromatic nitrogens is 2. The Labute approximate surface area is 184 Å². The van der Waals surface area contributed by atoms with Crippen molar-refractivity contribution >= 4 is 17.3 Å². The largest absolute Gasteiger partial charge is 0.497 e. The molecule has 1 atom stereocenters. The van der Waals surface area contributed by atoms with E-state index < -0.39 is 12.0 Å². The molecule has 0 spiro atoms. The third kappa shape index (κ3) is 3.73. The van der Waals surface area contributed by atoms with Crippen LogP contribution in [-0.2, 0) is 16.7 Å². The van der Waals surface area contributed by atoms with Gasteiger partial charge in [-0.2, -0.15) is 0 Å². The molecule has 0 saturated heterocycles.